The minimum Gasteiger partial charge on any atom is -0.263 e. The fraction of sp³-hybridized carbons (Fsp3) is 0.500. The maximum absolute atomic E-state index is 11.0. The molecule has 0 atom stereocenters. The smallest absolute Gasteiger partial charge is 0.263 e. The number of hydrogen-bond acceptors (Lipinski definition) is 1. The molecule has 0 saturated carbocycles. The van der Waals surface area contributed by atoms with Crippen molar-refractivity contribution in [2.45, 2.75) is 12.5 Å². The number of alkyl halides is 3. The molecular weight excluding hydrogens is 121 g/mol. The summed E-state index contributed by atoms with van der Waals surface area (Å²) in [6.07, 6.45) is -5.57. The molecule has 0 aliphatic heterocycles. The predicted octanol–water partition coefficient (Wildman–Crippen LogP) is 0.908. The van der Waals surface area contributed by atoms with Crippen LogP contribution >= 0.6 is 0 Å². The Morgan fingerprint density at radius 3 is 1.88 bits per heavy atom. The van der Waals surface area contributed by atoms with Gasteiger partial charge < -0.3 is 0 Å². The van der Waals surface area contributed by atoms with E-state index >= 15 is 0 Å². The fourth-order valence-corrected chi connectivity index (χ4v) is 0.227. The molecule has 1 aliphatic carbocycles. The van der Waals surface area contributed by atoms with Gasteiger partial charge in [-0.25, -0.2) is 0 Å². The molecule has 0 amide bonds. The minimum absolute atomic E-state index is 1.03. The molecule has 0 aromatic rings. The number of hydrogen-bond donors (Lipinski definition) is 0. The molecular formula is C4HF3O. The lowest BCUT2D eigenvalue weighted by Gasteiger charge is -2.02. The van der Waals surface area contributed by atoms with E-state index in [0.717, 1.165) is 0 Å². The van der Waals surface area contributed by atoms with Crippen LogP contribution in [0.4, 0.5) is 13.2 Å². The molecule has 0 saturated heterocycles. The lowest BCUT2D eigenvalue weighted by Crippen LogP contribution is -2.16. The molecule has 0 bridgehead atoms. The van der Waals surface area contributed by atoms with Crippen molar-refractivity contribution in [3.05, 3.63) is 0 Å². The van der Waals surface area contributed by atoms with Crippen molar-refractivity contribution in [2.24, 2.45) is 0 Å². The van der Waals surface area contributed by atoms with Crippen LogP contribution < -0.4 is 0 Å². The fourth-order valence-electron chi connectivity index (χ4n) is 0.227. The summed E-state index contributed by atoms with van der Waals surface area (Å²) < 4.78 is 36.5. The molecule has 0 spiro atoms. The zero-order chi connectivity index (χ0) is 6.20. The van der Waals surface area contributed by atoms with Crippen LogP contribution in [-0.4, -0.2) is 12.5 Å². The summed E-state index contributed by atoms with van der Waals surface area (Å²) in [5.74, 6) is 4.20. The van der Waals surface area contributed by atoms with Crippen LogP contribution in [0.3, 0.4) is 0 Å². The van der Waals surface area contributed by atoms with Gasteiger partial charge in [-0.15, -0.1) is 13.2 Å². The van der Waals surface area contributed by atoms with Gasteiger partial charge in [0.15, 0.2) is 6.10 Å². The van der Waals surface area contributed by atoms with Crippen molar-refractivity contribution in [3.8, 4) is 11.8 Å². The van der Waals surface area contributed by atoms with Crippen LogP contribution in [0.2, 0.25) is 0 Å². The van der Waals surface area contributed by atoms with Gasteiger partial charge in [0.1, 0.15) is 0 Å². The largest absolute Gasteiger partial charge is 0.524 e. The topological polar surface area (TPSA) is 9.23 Å². The molecule has 0 radical (unpaired) electrons. The molecule has 4 heteroatoms. The average molecular weight is 122 g/mol. The van der Waals surface area contributed by atoms with Crippen molar-refractivity contribution in [1.29, 1.82) is 0 Å². The molecule has 0 N–H and O–H groups in total. The van der Waals surface area contributed by atoms with Crippen LogP contribution in [0.5, 0.6) is 0 Å². The predicted molar refractivity (Wildman–Crippen MR) is 18.7 cm³/mol. The Morgan fingerprint density at radius 1 is 1.25 bits per heavy atom. The third kappa shape index (κ3) is 1.85. The maximum atomic E-state index is 11.0. The van der Waals surface area contributed by atoms with E-state index in [1.54, 1.807) is 0 Å². The first kappa shape index (κ1) is 5.45. The molecule has 0 aromatic carbocycles. The van der Waals surface area contributed by atoms with Crippen LogP contribution in [-0.2, 0) is 4.74 Å². The Bertz CT molecular complexity index is 141. The average Bonchev–Trinajstić information content (AvgIpc) is 2.12. The van der Waals surface area contributed by atoms with Gasteiger partial charge in [0.25, 0.3) is 0 Å². The van der Waals surface area contributed by atoms with Crippen LogP contribution in [0.15, 0.2) is 0 Å². The first-order valence-electron chi connectivity index (χ1n) is 1.83. The molecule has 0 heterocycles. The van der Waals surface area contributed by atoms with Crippen molar-refractivity contribution >= 4 is 0 Å². The number of rotatable bonds is 1. The Labute approximate surface area is 43.4 Å². The lowest BCUT2D eigenvalue weighted by atomic mass is 10.7. The summed E-state index contributed by atoms with van der Waals surface area (Å²) in [7, 11) is 0. The highest BCUT2D eigenvalue weighted by molar-refractivity contribution is 5.33. The van der Waals surface area contributed by atoms with Crippen molar-refractivity contribution in [2.75, 3.05) is 0 Å². The van der Waals surface area contributed by atoms with E-state index in [9.17, 15) is 13.2 Å². The molecule has 1 aliphatic rings. The summed E-state index contributed by atoms with van der Waals surface area (Å²) in [6.45, 7) is 0. The number of halogens is 3. The number of ether oxygens (including phenoxy) is 1. The van der Waals surface area contributed by atoms with Gasteiger partial charge >= 0.3 is 6.36 Å². The molecule has 0 aromatic heterocycles. The van der Waals surface area contributed by atoms with Gasteiger partial charge in [0.05, 0.1) is 0 Å². The van der Waals surface area contributed by atoms with E-state index in [2.05, 4.69) is 16.6 Å². The minimum atomic E-state index is -4.54. The molecule has 0 fully saturated rings. The van der Waals surface area contributed by atoms with Gasteiger partial charge in [-0.1, -0.05) is 11.8 Å². The monoisotopic (exact) mass is 122 g/mol. The highest BCUT2D eigenvalue weighted by Crippen LogP contribution is 2.20. The molecule has 0 unspecified atom stereocenters. The van der Waals surface area contributed by atoms with Gasteiger partial charge in [-0.3, -0.25) is 4.74 Å². The van der Waals surface area contributed by atoms with Crippen LogP contribution in [0.25, 0.3) is 0 Å². The molecule has 1 nitrogen and oxygen atoms in total. The quantitative estimate of drug-likeness (QED) is 0.469. The van der Waals surface area contributed by atoms with Gasteiger partial charge in [-0.2, -0.15) is 0 Å². The Kier molecular flexibility index (Phi) is 0.947. The van der Waals surface area contributed by atoms with E-state index in [1.165, 1.54) is 0 Å². The Morgan fingerprint density at radius 2 is 1.75 bits per heavy atom. The summed E-state index contributed by atoms with van der Waals surface area (Å²) in [4.78, 5) is 0. The van der Waals surface area contributed by atoms with E-state index in [4.69, 9.17) is 0 Å². The molecule has 1 rings (SSSR count). The standard InChI is InChI=1S/C4HF3O/c5-4(6,7)8-3-1-2-3/h3H. The second-order valence-electron chi connectivity index (χ2n) is 1.23. The summed E-state index contributed by atoms with van der Waals surface area (Å²) in [6, 6.07) is 0. The maximum Gasteiger partial charge on any atom is 0.524 e. The normalized spacial score (nSPS) is 17.4. The Hall–Kier alpha value is -0.690. The van der Waals surface area contributed by atoms with Crippen molar-refractivity contribution < 1.29 is 17.9 Å². The van der Waals surface area contributed by atoms with Gasteiger partial charge in [-0.05, 0) is 0 Å². The first-order valence-corrected chi connectivity index (χ1v) is 1.83. The molecule has 44 valence electrons. The third-order valence-electron chi connectivity index (χ3n) is 0.514. The first-order chi connectivity index (χ1) is 3.58. The van der Waals surface area contributed by atoms with Crippen molar-refractivity contribution in [1.82, 2.24) is 0 Å². The summed E-state index contributed by atoms with van der Waals surface area (Å²) in [5, 5.41) is 0. The lowest BCUT2D eigenvalue weighted by molar-refractivity contribution is -0.325. The van der Waals surface area contributed by atoms with Crippen LogP contribution in [0.1, 0.15) is 0 Å². The van der Waals surface area contributed by atoms with Crippen LogP contribution in [0, 0.1) is 11.8 Å². The van der Waals surface area contributed by atoms with Gasteiger partial charge in [0.2, 0.25) is 0 Å². The second-order valence-corrected chi connectivity index (χ2v) is 1.23. The zero-order valence-electron chi connectivity index (χ0n) is 3.62. The third-order valence-corrected chi connectivity index (χ3v) is 0.514. The van der Waals surface area contributed by atoms with E-state index in [1.807, 2.05) is 0 Å². The van der Waals surface area contributed by atoms with E-state index < -0.39 is 12.5 Å². The SMILES string of the molecule is FC(F)(F)OC1C#C1. The van der Waals surface area contributed by atoms with E-state index in [-0.39, 0.29) is 0 Å². The highest BCUT2D eigenvalue weighted by atomic mass is 19.4. The van der Waals surface area contributed by atoms with E-state index in [0.29, 0.717) is 0 Å². The summed E-state index contributed by atoms with van der Waals surface area (Å²) >= 11 is 0. The van der Waals surface area contributed by atoms with Crippen molar-refractivity contribution in [3.63, 3.8) is 0 Å². The Balaban J connectivity index is 2.18. The highest BCUT2D eigenvalue weighted by Gasteiger charge is 2.34. The summed E-state index contributed by atoms with van der Waals surface area (Å²) in [5.41, 5.74) is 0. The molecule has 8 heavy (non-hydrogen) atoms. The zero-order valence-corrected chi connectivity index (χ0v) is 3.62. The second kappa shape index (κ2) is 1.39. The van der Waals surface area contributed by atoms with Gasteiger partial charge in [0, 0.05) is 0 Å².